The first-order valence-corrected chi connectivity index (χ1v) is 6.55. The molecule has 0 N–H and O–H groups in total. The van der Waals surface area contributed by atoms with Crippen LogP contribution in [0.5, 0.6) is 0 Å². The van der Waals surface area contributed by atoms with Gasteiger partial charge in [-0.1, -0.05) is 35.0 Å². The molecule has 1 nitrogen and oxygen atoms in total. The number of hydrogen-bond donors (Lipinski definition) is 0. The highest BCUT2D eigenvalue weighted by molar-refractivity contribution is 9.10. The van der Waals surface area contributed by atoms with Crippen molar-refractivity contribution in [2.45, 2.75) is 13.3 Å². The van der Waals surface area contributed by atoms with E-state index in [9.17, 15) is 4.79 Å². The van der Waals surface area contributed by atoms with Gasteiger partial charge >= 0.3 is 0 Å². The van der Waals surface area contributed by atoms with Crippen LogP contribution in [0.1, 0.15) is 23.7 Å². The van der Waals surface area contributed by atoms with Crippen molar-refractivity contribution in [3.8, 4) is 0 Å². The standard InChI is InChI=1S/C11H13BrOS/c1-2-7-14-8-11(13)9-3-5-10(12)6-4-9/h3-6H,2,7-8H2,1H3. The van der Waals surface area contributed by atoms with Gasteiger partial charge in [0.25, 0.3) is 0 Å². The molecule has 0 saturated heterocycles. The fourth-order valence-corrected chi connectivity index (χ4v) is 2.08. The van der Waals surface area contributed by atoms with Gasteiger partial charge < -0.3 is 0 Å². The lowest BCUT2D eigenvalue weighted by Gasteiger charge is -2.00. The molecule has 0 heterocycles. The van der Waals surface area contributed by atoms with Crippen molar-refractivity contribution < 1.29 is 4.79 Å². The second-order valence-corrected chi connectivity index (χ2v) is 5.00. The molecular formula is C11H13BrOS. The SMILES string of the molecule is CCCSCC(=O)c1ccc(Br)cc1. The van der Waals surface area contributed by atoms with Gasteiger partial charge in [0.05, 0.1) is 5.75 Å². The Hall–Kier alpha value is -0.280. The monoisotopic (exact) mass is 272 g/mol. The Morgan fingerprint density at radius 1 is 1.36 bits per heavy atom. The molecule has 0 bridgehead atoms. The Morgan fingerprint density at radius 2 is 2.00 bits per heavy atom. The molecule has 0 atom stereocenters. The van der Waals surface area contributed by atoms with Gasteiger partial charge in [0.1, 0.15) is 0 Å². The van der Waals surface area contributed by atoms with Crippen LogP contribution in [0.15, 0.2) is 28.7 Å². The summed E-state index contributed by atoms with van der Waals surface area (Å²) in [6.07, 6.45) is 1.12. The first-order chi connectivity index (χ1) is 6.74. The van der Waals surface area contributed by atoms with Gasteiger partial charge in [-0.15, -0.1) is 0 Å². The number of Topliss-reactive ketones (excluding diaryl/α,β-unsaturated/α-hetero) is 1. The molecule has 0 unspecified atom stereocenters. The lowest BCUT2D eigenvalue weighted by molar-refractivity contribution is 0.102. The van der Waals surface area contributed by atoms with Crippen LogP contribution in [-0.4, -0.2) is 17.3 Å². The molecule has 1 aromatic carbocycles. The van der Waals surface area contributed by atoms with Gasteiger partial charge in [-0.05, 0) is 24.3 Å². The normalized spacial score (nSPS) is 10.1. The van der Waals surface area contributed by atoms with Crippen molar-refractivity contribution in [1.29, 1.82) is 0 Å². The van der Waals surface area contributed by atoms with E-state index in [-0.39, 0.29) is 5.78 Å². The van der Waals surface area contributed by atoms with Crippen molar-refractivity contribution in [3.05, 3.63) is 34.3 Å². The van der Waals surface area contributed by atoms with E-state index in [2.05, 4.69) is 22.9 Å². The van der Waals surface area contributed by atoms with Crippen LogP contribution in [-0.2, 0) is 0 Å². The first kappa shape index (κ1) is 11.8. The predicted octanol–water partition coefficient (Wildman–Crippen LogP) is 3.78. The number of ketones is 1. The van der Waals surface area contributed by atoms with E-state index in [4.69, 9.17) is 0 Å². The molecule has 0 aliphatic rings. The molecule has 0 amide bonds. The van der Waals surface area contributed by atoms with E-state index in [1.54, 1.807) is 11.8 Å². The number of halogens is 1. The lowest BCUT2D eigenvalue weighted by atomic mass is 10.2. The van der Waals surface area contributed by atoms with Gasteiger partial charge in [0.2, 0.25) is 0 Å². The summed E-state index contributed by atoms with van der Waals surface area (Å²) in [7, 11) is 0. The summed E-state index contributed by atoms with van der Waals surface area (Å²) in [6.45, 7) is 2.12. The molecule has 0 saturated carbocycles. The largest absolute Gasteiger partial charge is 0.293 e. The highest BCUT2D eigenvalue weighted by Gasteiger charge is 2.04. The van der Waals surface area contributed by atoms with E-state index in [1.807, 2.05) is 24.3 Å². The fourth-order valence-electron chi connectivity index (χ4n) is 1.03. The third-order valence-electron chi connectivity index (χ3n) is 1.75. The van der Waals surface area contributed by atoms with Crippen LogP contribution in [0.25, 0.3) is 0 Å². The van der Waals surface area contributed by atoms with Crippen LogP contribution < -0.4 is 0 Å². The fraction of sp³-hybridized carbons (Fsp3) is 0.364. The summed E-state index contributed by atoms with van der Waals surface area (Å²) in [5.74, 6) is 1.87. The van der Waals surface area contributed by atoms with Crippen molar-refractivity contribution >= 4 is 33.5 Å². The van der Waals surface area contributed by atoms with Gasteiger partial charge in [0, 0.05) is 10.0 Å². The molecule has 1 rings (SSSR count). The predicted molar refractivity (Wildman–Crippen MR) is 66.1 cm³/mol. The van der Waals surface area contributed by atoms with Crippen molar-refractivity contribution in [3.63, 3.8) is 0 Å². The van der Waals surface area contributed by atoms with Gasteiger partial charge in [-0.25, -0.2) is 0 Å². The third-order valence-corrected chi connectivity index (χ3v) is 3.44. The maximum absolute atomic E-state index is 11.6. The highest BCUT2D eigenvalue weighted by Crippen LogP contribution is 2.13. The Balaban J connectivity index is 2.48. The average molecular weight is 273 g/mol. The molecule has 76 valence electrons. The molecule has 0 fully saturated rings. The summed E-state index contributed by atoms with van der Waals surface area (Å²) in [4.78, 5) is 11.6. The molecule has 0 aliphatic heterocycles. The smallest absolute Gasteiger partial charge is 0.172 e. The Kier molecular flexibility index (Phi) is 5.26. The van der Waals surface area contributed by atoms with Crippen LogP contribution in [0.4, 0.5) is 0 Å². The van der Waals surface area contributed by atoms with Gasteiger partial charge in [-0.3, -0.25) is 4.79 Å². The number of hydrogen-bond acceptors (Lipinski definition) is 2. The minimum absolute atomic E-state index is 0.218. The molecule has 14 heavy (non-hydrogen) atoms. The molecule has 3 heteroatoms. The van der Waals surface area contributed by atoms with Crippen LogP contribution >= 0.6 is 27.7 Å². The number of carbonyl (C=O) groups is 1. The van der Waals surface area contributed by atoms with Crippen LogP contribution in [0.2, 0.25) is 0 Å². The van der Waals surface area contributed by atoms with E-state index in [0.29, 0.717) is 5.75 Å². The van der Waals surface area contributed by atoms with E-state index in [0.717, 1.165) is 22.2 Å². The summed E-state index contributed by atoms with van der Waals surface area (Å²) in [5.41, 5.74) is 0.803. The van der Waals surface area contributed by atoms with Crippen LogP contribution in [0.3, 0.4) is 0 Å². The number of thioether (sulfide) groups is 1. The summed E-state index contributed by atoms with van der Waals surface area (Å²) < 4.78 is 1.01. The molecule has 0 radical (unpaired) electrons. The Bertz CT molecular complexity index is 295. The number of rotatable bonds is 5. The number of carbonyl (C=O) groups excluding carboxylic acids is 1. The molecule has 0 spiro atoms. The van der Waals surface area contributed by atoms with Crippen LogP contribution in [0, 0.1) is 0 Å². The van der Waals surface area contributed by atoms with E-state index >= 15 is 0 Å². The maximum Gasteiger partial charge on any atom is 0.172 e. The molecule has 0 aliphatic carbocycles. The number of benzene rings is 1. The summed E-state index contributed by atoms with van der Waals surface area (Å²) in [5, 5.41) is 0. The second kappa shape index (κ2) is 6.25. The minimum atomic E-state index is 0.218. The lowest BCUT2D eigenvalue weighted by Crippen LogP contribution is -2.02. The van der Waals surface area contributed by atoms with Crippen molar-refractivity contribution in [2.75, 3.05) is 11.5 Å². The van der Waals surface area contributed by atoms with Gasteiger partial charge in [-0.2, -0.15) is 11.8 Å². The summed E-state index contributed by atoms with van der Waals surface area (Å²) >= 11 is 5.04. The molecule has 0 aromatic heterocycles. The van der Waals surface area contributed by atoms with E-state index in [1.165, 1.54) is 0 Å². The van der Waals surface area contributed by atoms with Crippen molar-refractivity contribution in [1.82, 2.24) is 0 Å². The Morgan fingerprint density at radius 3 is 2.57 bits per heavy atom. The molecular weight excluding hydrogens is 260 g/mol. The molecule has 1 aromatic rings. The quantitative estimate of drug-likeness (QED) is 0.600. The second-order valence-electron chi connectivity index (χ2n) is 2.98. The Labute approximate surface area is 97.4 Å². The van der Waals surface area contributed by atoms with Gasteiger partial charge in [0.15, 0.2) is 5.78 Å². The topological polar surface area (TPSA) is 17.1 Å². The first-order valence-electron chi connectivity index (χ1n) is 4.60. The van der Waals surface area contributed by atoms with Crippen molar-refractivity contribution in [2.24, 2.45) is 0 Å². The highest BCUT2D eigenvalue weighted by atomic mass is 79.9. The zero-order valence-corrected chi connectivity index (χ0v) is 10.5. The van der Waals surface area contributed by atoms with E-state index < -0.39 is 0 Å². The average Bonchev–Trinajstić information content (AvgIpc) is 2.19. The minimum Gasteiger partial charge on any atom is -0.293 e. The summed E-state index contributed by atoms with van der Waals surface area (Å²) in [6, 6.07) is 7.52. The maximum atomic E-state index is 11.6. The third kappa shape index (κ3) is 3.84. The zero-order chi connectivity index (χ0) is 10.4. The zero-order valence-electron chi connectivity index (χ0n) is 8.13.